The van der Waals surface area contributed by atoms with Gasteiger partial charge < -0.3 is 10.2 Å². The van der Waals surface area contributed by atoms with Gasteiger partial charge in [-0.3, -0.25) is 14.2 Å². The molecular formula is C19H28N6O. The molecule has 1 N–H and O–H groups in total. The smallest absolute Gasteiger partial charge is 0.223 e. The first kappa shape index (κ1) is 17.3. The summed E-state index contributed by atoms with van der Waals surface area (Å²) in [6.45, 7) is 3.12. The average molecular weight is 356 g/mol. The van der Waals surface area contributed by atoms with Crippen LogP contribution in [0, 0.1) is 0 Å². The van der Waals surface area contributed by atoms with Crippen molar-refractivity contribution >= 4 is 5.91 Å². The number of nitrogens with one attached hydrogen (secondary N) is 1. The van der Waals surface area contributed by atoms with Gasteiger partial charge in [-0.2, -0.15) is 10.2 Å². The highest BCUT2D eigenvalue weighted by Crippen LogP contribution is 2.40. The molecule has 140 valence electrons. The number of carbonyl (C=O) groups is 1. The van der Waals surface area contributed by atoms with E-state index in [1.165, 1.54) is 0 Å². The van der Waals surface area contributed by atoms with E-state index in [0.717, 1.165) is 37.9 Å². The molecule has 1 aliphatic carbocycles. The molecule has 7 nitrogen and oxygen atoms in total. The van der Waals surface area contributed by atoms with Crippen molar-refractivity contribution < 1.29 is 4.79 Å². The number of likely N-dealkylation sites (tertiary alicyclic amines) is 1. The minimum atomic E-state index is 0.0726. The summed E-state index contributed by atoms with van der Waals surface area (Å²) in [4.78, 5) is 14.8. The second-order valence-electron chi connectivity index (χ2n) is 7.63. The first-order valence-corrected chi connectivity index (χ1v) is 9.66. The van der Waals surface area contributed by atoms with Crippen molar-refractivity contribution in [2.24, 2.45) is 7.05 Å². The summed E-state index contributed by atoms with van der Waals surface area (Å²) in [5.41, 5.74) is 1.13. The van der Waals surface area contributed by atoms with Crippen molar-refractivity contribution in [3.05, 3.63) is 36.4 Å². The van der Waals surface area contributed by atoms with Crippen LogP contribution in [0.25, 0.3) is 0 Å². The summed E-state index contributed by atoms with van der Waals surface area (Å²) in [7, 11) is 1.97. The van der Waals surface area contributed by atoms with E-state index < -0.39 is 0 Å². The number of carbonyl (C=O) groups excluding carboxylic acids is 1. The van der Waals surface area contributed by atoms with Gasteiger partial charge in [0.15, 0.2) is 0 Å². The number of nitrogens with zero attached hydrogens (tertiary/aromatic N) is 5. The summed E-state index contributed by atoms with van der Waals surface area (Å²) < 4.78 is 3.89. The van der Waals surface area contributed by atoms with Gasteiger partial charge in [-0.1, -0.05) is 0 Å². The molecule has 1 saturated heterocycles. The zero-order valence-corrected chi connectivity index (χ0v) is 15.6. The van der Waals surface area contributed by atoms with Gasteiger partial charge >= 0.3 is 0 Å². The van der Waals surface area contributed by atoms with Gasteiger partial charge in [-0.05, 0) is 44.7 Å². The number of amides is 1. The largest absolute Gasteiger partial charge is 0.330 e. The molecule has 0 spiro atoms. The Hall–Kier alpha value is -2.15. The van der Waals surface area contributed by atoms with Gasteiger partial charge in [0.2, 0.25) is 5.91 Å². The van der Waals surface area contributed by atoms with E-state index in [-0.39, 0.29) is 12.1 Å². The van der Waals surface area contributed by atoms with Crippen LogP contribution in [0.1, 0.15) is 50.8 Å². The highest BCUT2D eigenvalue weighted by Gasteiger charge is 2.45. The Morgan fingerprint density at radius 3 is 2.77 bits per heavy atom. The van der Waals surface area contributed by atoms with E-state index in [4.69, 9.17) is 0 Å². The molecule has 26 heavy (non-hydrogen) atoms. The van der Waals surface area contributed by atoms with E-state index in [1.54, 1.807) is 0 Å². The molecule has 2 aromatic rings. The van der Waals surface area contributed by atoms with E-state index in [0.29, 0.717) is 24.4 Å². The molecule has 2 aliphatic rings. The van der Waals surface area contributed by atoms with Crippen molar-refractivity contribution in [3.8, 4) is 0 Å². The third kappa shape index (κ3) is 3.53. The van der Waals surface area contributed by atoms with Crippen LogP contribution in [-0.4, -0.2) is 48.5 Å². The lowest BCUT2D eigenvalue weighted by atomic mass is 9.91. The molecule has 4 rings (SSSR count). The zero-order chi connectivity index (χ0) is 18.1. The molecule has 3 heterocycles. The predicted octanol–water partition coefficient (Wildman–Crippen LogP) is 1.88. The first-order valence-electron chi connectivity index (χ1n) is 9.66. The number of piperidine rings is 1. The summed E-state index contributed by atoms with van der Waals surface area (Å²) in [5, 5.41) is 12.4. The minimum absolute atomic E-state index is 0.0726. The standard InChI is InChI=1S/C19H28N6O/c1-14(9-13-24-12-3-10-21-24)22-16-6-7-18(26)25(15-4-5-15)19(16)17-8-11-20-23(17)2/h3,8,10-12,14-16,19,22H,4-7,9,13H2,1-2H3/t14?,16-,19-/m1/s1. The van der Waals surface area contributed by atoms with Gasteiger partial charge in [0.1, 0.15) is 0 Å². The average Bonchev–Trinajstić information content (AvgIpc) is 3.14. The summed E-state index contributed by atoms with van der Waals surface area (Å²) in [6.07, 6.45) is 10.4. The van der Waals surface area contributed by atoms with Crippen LogP contribution < -0.4 is 5.32 Å². The summed E-state index contributed by atoms with van der Waals surface area (Å²) in [5.74, 6) is 0.293. The molecule has 2 aromatic heterocycles. The van der Waals surface area contributed by atoms with Gasteiger partial charge in [0, 0.05) is 56.7 Å². The fraction of sp³-hybridized carbons (Fsp3) is 0.632. The SMILES string of the molecule is CC(CCn1cccn1)N[C@@H]1CCC(=O)N(C2CC2)[C@H]1c1ccnn1C. The van der Waals surface area contributed by atoms with Crippen LogP contribution in [0.5, 0.6) is 0 Å². The molecule has 1 unspecified atom stereocenters. The number of hydrogen-bond donors (Lipinski definition) is 1. The number of rotatable bonds is 7. The molecule has 1 aliphatic heterocycles. The maximum Gasteiger partial charge on any atom is 0.223 e. The van der Waals surface area contributed by atoms with Crippen LogP contribution in [0.15, 0.2) is 30.7 Å². The van der Waals surface area contributed by atoms with Crippen LogP contribution >= 0.6 is 0 Å². The third-order valence-corrected chi connectivity index (χ3v) is 5.59. The molecule has 3 atom stereocenters. The molecule has 2 fully saturated rings. The van der Waals surface area contributed by atoms with E-state index in [2.05, 4.69) is 33.4 Å². The second kappa shape index (κ2) is 7.23. The Labute approximate surface area is 154 Å². The lowest BCUT2D eigenvalue weighted by Gasteiger charge is -2.43. The predicted molar refractivity (Wildman–Crippen MR) is 98.3 cm³/mol. The van der Waals surface area contributed by atoms with Gasteiger partial charge in [-0.25, -0.2) is 0 Å². The molecule has 1 saturated carbocycles. The van der Waals surface area contributed by atoms with Crippen molar-refractivity contribution in [2.75, 3.05) is 0 Å². The third-order valence-electron chi connectivity index (χ3n) is 5.59. The lowest BCUT2D eigenvalue weighted by Crippen LogP contribution is -2.54. The van der Waals surface area contributed by atoms with Gasteiger partial charge in [-0.15, -0.1) is 0 Å². The fourth-order valence-electron chi connectivity index (χ4n) is 4.10. The Morgan fingerprint density at radius 2 is 2.12 bits per heavy atom. The van der Waals surface area contributed by atoms with E-state index >= 15 is 0 Å². The van der Waals surface area contributed by atoms with Crippen LogP contribution in [0.3, 0.4) is 0 Å². The van der Waals surface area contributed by atoms with Crippen LogP contribution in [0.4, 0.5) is 0 Å². The molecule has 0 radical (unpaired) electrons. The maximum absolute atomic E-state index is 12.7. The van der Waals surface area contributed by atoms with Gasteiger partial charge in [0.05, 0.1) is 11.7 Å². The zero-order valence-electron chi connectivity index (χ0n) is 15.6. The van der Waals surface area contributed by atoms with Gasteiger partial charge in [0.25, 0.3) is 0 Å². The molecule has 0 bridgehead atoms. The minimum Gasteiger partial charge on any atom is -0.330 e. The highest BCUT2D eigenvalue weighted by molar-refractivity contribution is 5.78. The summed E-state index contributed by atoms with van der Waals surface area (Å²) in [6, 6.07) is 5.11. The monoisotopic (exact) mass is 356 g/mol. The second-order valence-corrected chi connectivity index (χ2v) is 7.63. The maximum atomic E-state index is 12.7. The Bertz CT molecular complexity index is 735. The van der Waals surface area contributed by atoms with Crippen LogP contribution in [0.2, 0.25) is 0 Å². The molecule has 1 amide bonds. The van der Waals surface area contributed by atoms with Crippen molar-refractivity contribution in [2.45, 2.75) is 69.7 Å². The van der Waals surface area contributed by atoms with Crippen molar-refractivity contribution in [3.63, 3.8) is 0 Å². The number of aryl methyl sites for hydroxylation is 2. The Balaban J connectivity index is 1.49. The van der Waals surface area contributed by atoms with Crippen LogP contribution in [-0.2, 0) is 18.4 Å². The van der Waals surface area contributed by atoms with Crippen molar-refractivity contribution in [1.29, 1.82) is 0 Å². The van der Waals surface area contributed by atoms with E-state index in [1.807, 2.05) is 41.1 Å². The molecule has 0 aromatic carbocycles. The summed E-state index contributed by atoms with van der Waals surface area (Å²) >= 11 is 0. The Morgan fingerprint density at radius 1 is 1.27 bits per heavy atom. The number of aromatic nitrogens is 4. The first-order chi connectivity index (χ1) is 12.6. The molecule has 7 heteroatoms. The van der Waals surface area contributed by atoms with Crippen molar-refractivity contribution in [1.82, 2.24) is 29.8 Å². The quantitative estimate of drug-likeness (QED) is 0.822. The fourth-order valence-corrected chi connectivity index (χ4v) is 4.10. The Kier molecular flexibility index (Phi) is 4.80. The number of hydrogen-bond acceptors (Lipinski definition) is 4. The highest BCUT2D eigenvalue weighted by atomic mass is 16.2. The topological polar surface area (TPSA) is 68.0 Å². The van der Waals surface area contributed by atoms with E-state index in [9.17, 15) is 4.79 Å². The molecular weight excluding hydrogens is 328 g/mol. The lowest BCUT2D eigenvalue weighted by molar-refractivity contribution is -0.139. The normalized spacial score (nSPS) is 24.8.